The summed E-state index contributed by atoms with van der Waals surface area (Å²) in [6, 6.07) is 5.98. The maximum Gasteiger partial charge on any atom is 0.176 e. The fraction of sp³-hybridized carbons (Fsp3) is 0.632. The van der Waals surface area contributed by atoms with Crippen molar-refractivity contribution >= 4 is 11.5 Å². The van der Waals surface area contributed by atoms with Crippen LogP contribution < -0.4 is 20.7 Å². The van der Waals surface area contributed by atoms with Gasteiger partial charge in [-0.25, -0.2) is 0 Å². The second-order valence-corrected chi connectivity index (χ2v) is 8.29. The largest absolute Gasteiger partial charge is 0.490 e. The minimum absolute atomic E-state index is 0.0789. The molecule has 3 rings (SSSR count). The number of carbonyl (C=O) groups excluding carboxylic acids is 1. The Balaban J connectivity index is 1.61. The van der Waals surface area contributed by atoms with Gasteiger partial charge in [0.05, 0.1) is 12.2 Å². The van der Waals surface area contributed by atoms with Gasteiger partial charge in [0.25, 0.3) is 0 Å². The lowest BCUT2D eigenvalue weighted by molar-refractivity contribution is 0.0963. The third kappa shape index (κ3) is 4.08. The minimum atomic E-state index is 0.0789. The van der Waals surface area contributed by atoms with Crippen molar-refractivity contribution in [3.05, 3.63) is 23.8 Å². The molecule has 24 heavy (non-hydrogen) atoms. The number of fused-ring (bicyclic) bond motifs is 1. The lowest BCUT2D eigenvalue weighted by Crippen LogP contribution is -2.61. The Morgan fingerprint density at radius 2 is 1.96 bits per heavy atom. The van der Waals surface area contributed by atoms with Crippen LogP contribution in [0.1, 0.15) is 50.9 Å². The molecule has 0 spiro atoms. The van der Waals surface area contributed by atoms with Gasteiger partial charge in [0.2, 0.25) is 0 Å². The van der Waals surface area contributed by atoms with Gasteiger partial charge in [-0.2, -0.15) is 0 Å². The molecule has 0 bridgehead atoms. The summed E-state index contributed by atoms with van der Waals surface area (Å²) in [6.07, 6.45) is 2.03. The molecular formula is C19H29N3O2. The van der Waals surface area contributed by atoms with Crippen LogP contribution in [0.15, 0.2) is 18.2 Å². The van der Waals surface area contributed by atoms with Crippen LogP contribution in [0.3, 0.4) is 0 Å². The summed E-state index contributed by atoms with van der Waals surface area (Å²) in [6.45, 7) is 10.7. The van der Waals surface area contributed by atoms with Gasteiger partial charge in [0, 0.05) is 29.2 Å². The van der Waals surface area contributed by atoms with E-state index in [1.807, 2.05) is 18.2 Å². The van der Waals surface area contributed by atoms with Crippen molar-refractivity contribution in [2.24, 2.45) is 0 Å². The highest BCUT2D eigenvalue weighted by Gasteiger charge is 2.37. The van der Waals surface area contributed by atoms with Crippen molar-refractivity contribution in [1.82, 2.24) is 10.6 Å². The zero-order chi connectivity index (χ0) is 17.4. The van der Waals surface area contributed by atoms with E-state index in [0.29, 0.717) is 19.2 Å². The summed E-state index contributed by atoms with van der Waals surface area (Å²) in [5, 5.41) is 10.4. The Bertz CT molecular complexity index is 609. The van der Waals surface area contributed by atoms with Crippen molar-refractivity contribution in [1.29, 1.82) is 0 Å². The molecule has 2 heterocycles. The highest BCUT2D eigenvalue weighted by atomic mass is 16.5. The van der Waals surface area contributed by atoms with Crippen molar-refractivity contribution in [2.75, 3.05) is 25.0 Å². The van der Waals surface area contributed by atoms with Crippen LogP contribution in [0.2, 0.25) is 0 Å². The quantitative estimate of drug-likeness (QED) is 0.740. The topological polar surface area (TPSA) is 62.4 Å². The molecule has 1 aromatic carbocycles. The standard InChI is InChI=1S/C19H29N3O2/c1-18(2)10-14(11-19(3,4)22-18)21-12-16(23)13-5-6-17-15(9-13)20-7-8-24-17/h5-6,9,14,20-22H,7-8,10-12H2,1-4H3. The van der Waals surface area contributed by atoms with Gasteiger partial charge in [0.1, 0.15) is 12.4 Å². The number of ketones is 1. The van der Waals surface area contributed by atoms with Crippen LogP contribution in [-0.2, 0) is 0 Å². The Hall–Kier alpha value is -1.59. The van der Waals surface area contributed by atoms with Crippen LogP contribution in [0.4, 0.5) is 5.69 Å². The van der Waals surface area contributed by atoms with Crippen molar-refractivity contribution in [2.45, 2.75) is 57.7 Å². The van der Waals surface area contributed by atoms with Gasteiger partial charge < -0.3 is 20.7 Å². The number of benzene rings is 1. The monoisotopic (exact) mass is 331 g/mol. The van der Waals surface area contributed by atoms with Gasteiger partial charge in [-0.1, -0.05) is 0 Å². The summed E-state index contributed by atoms with van der Waals surface area (Å²) < 4.78 is 5.56. The lowest BCUT2D eigenvalue weighted by atomic mass is 9.79. The number of nitrogens with one attached hydrogen (secondary N) is 3. The van der Waals surface area contributed by atoms with Gasteiger partial charge >= 0.3 is 0 Å². The molecular weight excluding hydrogens is 302 g/mol. The van der Waals surface area contributed by atoms with Crippen molar-refractivity contribution < 1.29 is 9.53 Å². The molecule has 0 amide bonds. The smallest absolute Gasteiger partial charge is 0.176 e. The van der Waals surface area contributed by atoms with Gasteiger partial charge in [-0.15, -0.1) is 0 Å². The van der Waals surface area contributed by atoms with Gasteiger partial charge in [-0.05, 0) is 58.7 Å². The van der Waals surface area contributed by atoms with E-state index in [1.54, 1.807) is 0 Å². The summed E-state index contributed by atoms with van der Waals surface area (Å²) in [7, 11) is 0. The van der Waals surface area contributed by atoms with Gasteiger partial charge in [0.15, 0.2) is 5.78 Å². The summed E-state index contributed by atoms with van der Waals surface area (Å²) in [5.41, 5.74) is 1.80. The van der Waals surface area contributed by atoms with E-state index in [-0.39, 0.29) is 16.9 Å². The molecule has 5 nitrogen and oxygen atoms in total. The molecule has 1 aromatic rings. The first-order valence-electron chi connectivity index (χ1n) is 8.81. The Morgan fingerprint density at radius 1 is 1.25 bits per heavy atom. The first-order chi connectivity index (χ1) is 11.2. The summed E-state index contributed by atoms with van der Waals surface area (Å²) >= 11 is 0. The van der Waals surface area contributed by atoms with Crippen molar-refractivity contribution in [3.8, 4) is 5.75 Å². The zero-order valence-electron chi connectivity index (χ0n) is 15.2. The molecule has 1 saturated heterocycles. The third-order valence-corrected chi connectivity index (χ3v) is 4.72. The summed E-state index contributed by atoms with van der Waals surface area (Å²) in [5.74, 6) is 0.951. The van der Waals surface area contributed by atoms with E-state index < -0.39 is 0 Å². The highest BCUT2D eigenvalue weighted by Crippen LogP contribution is 2.29. The second kappa shape index (κ2) is 6.37. The second-order valence-electron chi connectivity index (χ2n) is 8.29. The number of hydrogen-bond donors (Lipinski definition) is 3. The van der Waals surface area contributed by atoms with Crippen molar-refractivity contribution in [3.63, 3.8) is 0 Å². The molecule has 0 saturated carbocycles. The summed E-state index contributed by atoms with van der Waals surface area (Å²) in [4.78, 5) is 12.5. The fourth-order valence-corrected chi connectivity index (χ4v) is 4.12. The average molecular weight is 331 g/mol. The number of piperidine rings is 1. The van der Waals surface area contributed by atoms with Crippen LogP contribution in [-0.4, -0.2) is 42.6 Å². The van der Waals surface area contributed by atoms with E-state index >= 15 is 0 Å². The molecule has 2 aliphatic rings. The fourth-order valence-electron chi connectivity index (χ4n) is 4.12. The molecule has 3 N–H and O–H groups in total. The maximum absolute atomic E-state index is 12.5. The van der Waals surface area contributed by atoms with E-state index in [4.69, 9.17) is 4.74 Å². The number of hydrogen-bond acceptors (Lipinski definition) is 5. The molecule has 0 radical (unpaired) electrons. The Labute approximate surface area is 144 Å². The number of rotatable bonds is 4. The average Bonchev–Trinajstić information content (AvgIpc) is 2.49. The molecule has 2 aliphatic heterocycles. The van der Waals surface area contributed by atoms with Gasteiger partial charge in [-0.3, -0.25) is 4.79 Å². The van der Waals surface area contributed by atoms with Crippen LogP contribution in [0.25, 0.3) is 0 Å². The number of carbonyl (C=O) groups is 1. The van der Waals surface area contributed by atoms with Crippen LogP contribution in [0.5, 0.6) is 5.75 Å². The first kappa shape index (κ1) is 17.2. The van der Waals surface area contributed by atoms with E-state index in [1.165, 1.54) is 0 Å². The van der Waals surface area contributed by atoms with Crippen LogP contribution >= 0.6 is 0 Å². The SMILES string of the molecule is CC1(C)CC(NCC(=O)c2ccc3c(c2)NCCO3)CC(C)(C)N1. The minimum Gasteiger partial charge on any atom is -0.490 e. The highest BCUT2D eigenvalue weighted by molar-refractivity contribution is 5.98. The number of ether oxygens (including phenoxy) is 1. The molecule has 0 atom stereocenters. The Morgan fingerprint density at radius 3 is 2.67 bits per heavy atom. The molecule has 0 aromatic heterocycles. The maximum atomic E-state index is 12.5. The van der Waals surface area contributed by atoms with E-state index in [9.17, 15) is 4.79 Å². The molecule has 1 fully saturated rings. The molecule has 132 valence electrons. The molecule has 0 unspecified atom stereocenters. The number of Topliss-reactive ketones (excluding diaryl/α,β-unsaturated/α-hetero) is 1. The Kier molecular flexibility index (Phi) is 4.58. The first-order valence-corrected chi connectivity index (χ1v) is 8.81. The van der Waals surface area contributed by atoms with E-state index in [0.717, 1.165) is 36.4 Å². The van der Waals surface area contributed by atoms with Crippen LogP contribution in [0, 0.1) is 0 Å². The van der Waals surface area contributed by atoms with E-state index in [2.05, 4.69) is 43.6 Å². The predicted molar refractivity (Wildman–Crippen MR) is 97.1 cm³/mol. The predicted octanol–water partition coefficient (Wildman–Crippen LogP) is 2.57. The molecule has 5 heteroatoms. The number of anilines is 1. The zero-order valence-corrected chi connectivity index (χ0v) is 15.2. The third-order valence-electron chi connectivity index (χ3n) is 4.72. The normalized spacial score (nSPS) is 22.2. The molecule has 0 aliphatic carbocycles. The lowest BCUT2D eigenvalue weighted by Gasteiger charge is -2.46.